The molecule has 3 nitrogen and oxygen atoms in total. The van der Waals surface area contributed by atoms with Crippen molar-refractivity contribution in [3.63, 3.8) is 0 Å². The summed E-state index contributed by atoms with van der Waals surface area (Å²) in [6.45, 7) is 6.04. The molecule has 0 fully saturated rings. The van der Waals surface area contributed by atoms with Gasteiger partial charge in [-0.25, -0.2) is 0 Å². The second-order valence-electron chi connectivity index (χ2n) is 3.90. The first-order valence-corrected chi connectivity index (χ1v) is 5.03. The van der Waals surface area contributed by atoms with E-state index in [0.29, 0.717) is 6.04 Å². The van der Waals surface area contributed by atoms with Gasteiger partial charge >= 0.3 is 0 Å². The molecule has 1 aromatic heterocycles. The molecule has 0 aliphatic rings. The number of aryl methyl sites for hydroxylation is 1. The van der Waals surface area contributed by atoms with E-state index in [2.05, 4.69) is 24.2 Å². The number of nitrogens with one attached hydrogen (secondary N) is 1. The predicted octanol–water partition coefficient (Wildman–Crippen LogP) is 1.63. The molecule has 0 saturated carbocycles. The van der Waals surface area contributed by atoms with Crippen molar-refractivity contribution in [3.05, 3.63) is 23.7 Å². The van der Waals surface area contributed by atoms with Crippen molar-refractivity contribution in [3.8, 4) is 0 Å². The molecule has 0 bridgehead atoms. The molecule has 1 unspecified atom stereocenters. The Labute approximate surface area is 86.1 Å². The fraction of sp³-hybridized carbons (Fsp3) is 0.636. The van der Waals surface area contributed by atoms with Crippen molar-refractivity contribution in [2.75, 3.05) is 20.6 Å². The van der Waals surface area contributed by atoms with E-state index < -0.39 is 0 Å². The van der Waals surface area contributed by atoms with E-state index in [1.807, 2.05) is 26.1 Å². The molecule has 80 valence electrons. The van der Waals surface area contributed by atoms with Crippen molar-refractivity contribution >= 4 is 0 Å². The molecule has 0 aliphatic carbocycles. The van der Waals surface area contributed by atoms with Gasteiger partial charge in [0, 0.05) is 12.6 Å². The van der Waals surface area contributed by atoms with Crippen molar-refractivity contribution in [1.29, 1.82) is 0 Å². The van der Waals surface area contributed by atoms with E-state index in [1.54, 1.807) is 0 Å². The standard InChI is InChI=1S/C11H20N2O/c1-9(12-3)7-13(4)8-11-6-5-10(2)14-11/h5-6,9,12H,7-8H2,1-4H3. The zero-order chi connectivity index (χ0) is 10.6. The lowest BCUT2D eigenvalue weighted by Crippen LogP contribution is -2.34. The average Bonchev–Trinajstić information content (AvgIpc) is 2.50. The average molecular weight is 196 g/mol. The van der Waals surface area contributed by atoms with Crippen LogP contribution in [0.3, 0.4) is 0 Å². The van der Waals surface area contributed by atoms with Gasteiger partial charge in [-0.05, 0) is 40.1 Å². The summed E-state index contributed by atoms with van der Waals surface area (Å²) in [5.41, 5.74) is 0. The van der Waals surface area contributed by atoms with E-state index >= 15 is 0 Å². The lowest BCUT2D eigenvalue weighted by Gasteiger charge is -2.19. The number of hydrogen-bond acceptors (Lipinski definition) is 3. The Balaban J connectivity index is 2.37. The normalized spacial score (nSPS) is 13.5. The van der Waals surface area contributed by atoms with Gasteiger partial charge in [-0.3, -0.25) is 4.90 Å². The van der Waals surface area contributed by atoms with Gasteiger partial charge in [0.25, 0.3) is 0 Å². The maximum atomic E-state index is 5.51. The molecule has 0 spiro atoms. The molecule has 1 heterocycles. The fourth-order valence-corrected chi connectivity index (χ4v) is 1.46. The van der Waals surface area contributed by atoms with Crippen LogP contribution < -0.4 is 5.32 Å². The molecule has 1 rings (SSSR count). The van der Waals surface area contributed by atoms with E-state index in [0.717, 1.165) is 24.6 Å². The van der Waals surface area contributed by atoms with Crippen LogP contribution in [0.15, 0.2) is 16.5 Å². The second-order valence-corrected chi connectivity index (χ2v) is 3.90. The van der Waals surface area contributed by atoms with E-state index in [-0.39, 0.29) is 0 Å². The van der Waals surface area contributed by atoms with Crippen LogP contribution in [0.25, 0.3) is 0 Å². The van der Waals surface area contributed by atoms with Crippen molar-refractivity contribution < 1.29 is 4.42 Å². The van der Waals surface area contributed by atoms with Crippen molar-refractivity contribution in [1.82, 2.24) is 10.2 Å². The highest BCUT2D eigenvalue weighted by atomic mass is 16.3. The van der Waals surface area contributed by atoms with E-state index in [9.17, 15) is 0 Å². The molecule has 0 saturated heterocycles. The summed E-state index contributed by atoms with van der Waals surface area (Å²) in [7, 11) is 4.08. The molecule has 0 aliphatic heterocycles. The van der Waals surface area contributed by atoms with Crippen LogP contribution in [-0.2, 0) is 6.54 Å². The minimum absolute atomic E-state index is 0.510. The molecule has 1 atom stereocenters. The van der Waals surface area contributed by atoms with Crippen LogP contribution in [0.1, 0.15) is 18.4 Å². The topological polar surface area (TPSA) is 28.4 Å². The molecule has 1 N–H and O–H groups in total. The Morgan fingerprint density at radius 1 is 1.50 bits per heavy atom. The zero-order valence-electron chi connectivity index (χ0n) is 9.50. The molecular weight excluding hydrogens is 176 g/mol. The monoisotopic (exact) mass is 196 g/mol. The van der Waals surface area contributed by atoms with Crippen LogP contribution in [-0.4, -0.2) is 31.6 Å². The van der Waals surface area contributed by atoms with Gasteiger partial charge < -0.3 is 9.73 Å². The highest BCUT2D eigenvalue weighted by Gasteiger charge is 2.06. The number of nitrogens with zero attached hydrogens (tertiary/aromatic N) is 1. The predicted molar refractivity (Wildman–Crippen MR) is 58.3 cm³/mol. The van der Waals surface area contributed by atoms with Crippen LogP contribution in [0.2, 0.25) is 0 Å². The van der Waals surface area contributed by atoms with Gasteiger partial charge in [0.15, 0.2) is 0 Å². The molecule has 0 amide bonds. The molecule has 14 heavy (non-hydrogen) atoms. The van der Waals surface area contributed by atoms with Gasteiger partial charge in [0.05, 0.1) is 6.54 Å². The summed E-state index contributed by atoms with van der Waals surface area (Å²) in [5, 5.41) is 3.21. The van der Waals surface area contributed by atoms with Crippen molar-refractivity contribution in [2.24, 2.45) is 0 Å². The summed E-state index contributed by atoms with van der Waals surface area (Å²) in [5.74, 6) is 2.02. The van der Waals surface area contributed by atoms with E-state index in [4.69, 9.17) is 4.42 Å². The molecule has 1 aromatic rings. The Kier molecular flexibility index (Phi) is 4.17. The first kappa shape index (κ1) is 11.3. The third-order valence-electron chi connectivity index (χ3n) is 2.30. The maximum absolute atomic E-state index is 5.51. The smallest absolute Gasteiger partial charge is 0.118 e. The SMILES string of the molecule is CNC(C)CN(C)Cc1ccc(C)o1. The summed E-state index contributed by atoms with van der Waals surface area (Å²) < 4.78 is 5.51. The molecule has 0 radical (unpaired) electrons. The van der Waals surface area contributed by atoms with Gasteiger partial charge in [-0.15, -0.1) is 0 Å². The lowest BCUT2D eigenvalue weighted by molar-refractivity contribution is 0.269. The fourth-order valence-electron chi connectivity index (χ4n) is 1.46. The summed E-state index contributed by atoms with van der Waals surface area (Å²) >= 11 is 0. The van der Waals surface area contributed by atoms with Crippen LogP contribution >= 0.6 is 0 Å². The Bertz CT molecular complexity index is 270. The minimum atomic E-state index is 0.510. The third-order valence-corrected chi connectivity index (χ3v) is 2.30. The Morgan fingerprint density at radius 2 is 2.21 bits per heavy atom. The number of rotatable bonds is 5. The van der Waals surface area contributed by atoms with Gasteiger partial charge in [-0.2, -0.15) is 0 Å². The molecule has 3 heteroatoms. The van der Waals surface area contributed by atoms with Crippen LogP contribution in [0.5, 0.6) is 0 Å². The van der Waals surface area contributed by atoms with Gasteiger partial charge in [0.2, 0.25) is 0 Å². The molecular formula is C11H20N2O. The van der Waals surface area contributed by atoms with E-state index in [1.165, 1.54) is 0 Å². The lowest BCUT2D eigenvalue weighted by atomic mass is 10.3. The third kappa shape index (κ3) is 3.52. The molecule has 0 aromatic carbocycles. The zero-order valence-corrected chi connectivity index (χ0v) is 9.50. The quantitative estimate of drug-likeness (QED) is 0.776. The summed E-state index contributed by atoms with van der Waals surface area (Å²) in [6, 6.07) is 4.55. The summed E-state index contributed by atoms with van der Waals surface area (Å²) in [4.78, 5) is 2.25. The number of furan rings is 1. The van der Waals surface area contributed by atoms with Crippen molar-refractivity contribution in [2.45, 2.75) is 26.4 Å². The second kappa shape index (κ2) is 5.17. The largest absolute Gasteiger partial charge is 0.465 e. The minimum Gasteiger partial charge on any atom is -0.465 e. The van der Waals surface area contributed by atoms with Crippen LogP contribution in [0, 0.1) is 6.92 Å². The van der Waals surface area contributed by atoms with Gasteiger partial charge in [-0.1, -0.05) is 0 Å². The Hall–Kier alpha value is -0.800. The number of hydrogen-bond donors (Lipinski definition) is 1. The Morgan fingerprint density at radius 3 is 2.71 bits per heavy atom. The first-order valence-electron chi connectivity index (χ1n) is 5.03. The van der Waals surface area contributed by atoms with Crippen LogP contribution in [0.4, 0.5) is 0 Å². The number of likely N-dealkylation sites (N-methyl/N-ethyl adjacent to an activating group) is 2. The highest BCUT2D eigenvalue weighted by Crippen LogP contribution is 2.08. The van der Waals surface area contributed by atoms with Gasteiger partial charge in [0.1, 0.15) is 11.5 Å². The first-order chi connectivity index (χ1) is 6.61. The maximum Gasteiger partial charge on any atom is 0.118 e. The summed E-state index contributed by atoms with van der Waals surface area (Å²) in [6.07, 6.45) is 0. The highest BCUT2D eigenvalue weighted by molar-refractivity contribution is 5.05.